The van der Waals surface area contributed by atoms with Gasteiger partial charge in [-0.3, -0.25) is 0 Å². The van der Waals surface area contributed by atoms with E-state index in [9.17, 15) is 0 Å². The van der Waals surface area contributed by atoms with Gasteiger partial charge in [-0.25, -0.2) is 0 Å². The number of benzene rings is 1. The first kappa shape index (κ1) is 16.9. The Labute approximate surface area is 124 Å². The second-order valence-electron chi connectivity index (χ2n) is 6.52. The van der Waals surface area contributed by atoms with Gasteiger partial charge in [0.05, 0.1) is 12.2 Å². The van der Waals surface area contributed by atoms with Crippen LogP contribution in [0.25, 0.3) is 0 Å². The van der Waals surface area contributed by atoms with Gasteiger partial charge >= 0.3 is 0 Å². The fourth-order valence-electron chi connectivity index (χ4n) is 1.84. The van der Waals surface area contributed by atoms with Crippen LogP contribution in [-0.2, 0) is 0 Å². The van der Waals surface area contributed by atoms with Gasteiger partial charge < -0.3 is 9.47 Å². The molecule has 0 N–H and O–H groups in total. The first-order chi connectivity index (χ1) is 9.22. The molecule has 0 amide bonds. The van der Waals surface area contributed by atoms with Gasteiger partial charge in [-0.05, 0) is 62.8 Å². The van der Waals surface area contributed by atoms with Gasteiger partial charge in [0, 0.05) is 0 Å². The fraction of sp³-hybridized carbons (Fsp3) is 0.667. The van der Waals surface area contributed by atoms with Crippen LogP contribution in [0.5, 0.6) is 11.5 Å². The zero-order valence-electron chi connectivity index (χ0n) is 14.3. The molecule has 2 nitrogen and oxygen atoms in total. The van der Waals surface area contributed by atoms with Crippen molar-refractivity contribution in [2.75, 3.05) is 0 Å². The monoisotopic (exact) mass is 278 g/mol. The predicted molar refractivity (Wildman–Crippen MR) is 85.8 cm³/mol. The van der Waals surface area contributed by atoms with Crippen LogP contribution in [0.3, 0.4) is 0 Å². The molecule has 0 radical (unpaired) electrons. The van der Waals surface area contributed by atoms with Crippen LogP contribution in [-0.4, -0.2) is 12.2 Å². The summed E-state index contributed by atoms with van der Waals surface area (Å²) in [5, 5.41) is 0. The highest BCUT2D eigenvalue weighted by Crippen LogP contribution is 2.31. The quantitative estimate of drug-likeness (QED) is 0.716. The molecule has 0 fully saturated rings. The molecule has 0 aliphatic carbocycles. The Morgan fingerprint density at radius 3 is 1.50 bits per heavy atom. The molecule has 0 aromatic heterocycles. The van der Waals surface area contributed by atoms with E-state index >= 15 is 0 Å². The van der Waals surface area contributed by atoms with E-state index in [-0.39, 0.29) is 12.2 Å². The third-order valence-electron chi connectivity index (χ3n) is 3.94. The smallest absolute Gasteiger partial charge is 0.125 e. The lowest BCUT2D eigenvalue weighted by Crippen LogP contribution is -2.20. The minimum atomic E-state index is 0.216. The van der Waals surface area contributed by atoms with Crippen LogP contribution in [0, 0.1) is 25.7 Å². The highest BCUT2D eigenvalue weighted by molar-refractivity contribution is 5.46. The molecule has 1 rings (SSSR count). The van der Waals surface area contributed by atoms with Crippen molar-refractivity contribution in [3.63, 3.8) is 0 Å². The second kappa shape index (κ2) is 7.01. The fourth-order valence-corrected chi connectivity index (χ4v) is 1.84. The number of aryl methyl sites for hydroxylation is 2. The van der Waals surface area contributed by atoms with E-state index in [1.165, 1.54) is 0 Å². The Morgan fingerprint density at radius 1 is 0.700 bits per heavy atom. The summed E-state index contributed by atoms with van der Waals surface area (Å²) in [7, 11) is 0. The minimum Gasteiger partial charge on any atom is -0.490 e. The second-order valence-corrected chi connectivity index (χ2v) is 6.52. The van der Waals surface area contributed by atoms with E-state index in [0.717, 1.165) is 22.6 Å². The summed E-state index contributed by atoms with van der Waals surface area (Å²) in [6.45, 7) is 17.1. The van der Waals surface area contributed by atoms with Gasteiger partial charge in [-0.2, -0.15) is 0 Å². The van der Waals surface area contributed by atoms with Gasteiger partial charge in [0.25, 0.3) is 0 Å². The van der Waals surface area contributed by atoms with Crippen molar-refractivity contribution in [2.45, 2.75) is 67.6 Å². The summed E-state index contributed by atoms with van der Waals surface area (Å²) in [5.74, 6) is 2.94. The van der Waals surface area contributed by atoms with Crippen molar-refractivity contribution >= 4 is 0 Å². The minimum absolute atomic E-state index is 0.216. The van der Waals surface area contributed by atoms with E-state index in [4.69, 9.17) is 9.47 Å². The van der Waals surface area contributed by atoms with E-state index in [1.807, 2.05) is 0 Å². The molecule has 0 saturated heterocycles. The van der Waals surface area contributed by atoms with Crippen LogP contribution in [0.1, 0.15) is 52.7 Å². The summed E-state index contributed by atoms with van der Waals surface area (Å²) in [6.07, 6.45) is 0.434. The molecule has 0 aliphatic rings. The van der Waals surface area contributed by atoms with Crippen molar-refractivity contribution in [3.8, 4) is 11.5 Å². The third-order valence-corrected chi connectivity index (χ3v) is 3.94. The van der Waals surface area contributed by atoms with Crippen LogP contribution in [0.4, 0.5) is 0 Å². The van der Waals surface area contributed by atoms with Crippen molar-refractivity contribution in [1.82, 2.24) is 0 Å². The molecule has 2 atom stereocenters. The van der Waals surface area contributed by atoms with Gasteiger partial charge in [0.2, 0.25) is 0 Å². The SMILES string of the molecule is Cc1cc(OC(C)C(C)C)cc(C)c1OC(C)C(C)C. The van der Waals surface area contributed by atoms with Crippen LogP contribution in [0.2, 0.25) is 0 Å². The Balaban J connectivity index is 2.91. The van der Waals surface area contributed by atoms with Gasteiger partial charge in [-0.15, -0.1) is 0 Å². The number of rotatable bonds is 6. The normalized spacial score (nSPS) is 14.5. The first-order valence-electron chi connectivity index (χ1n) is 7.67. The van der Waals surface area contributed by atoms with Crippen molar-refractivity contribution in [1.29, 1.82) is 0 Å². The van der Waals surface area contributed by atoms with Crippen molar-refractivity contribution < 1.29 is 9.47 Å². The maximum absolute atomic E-state index is 6.09. The van der Waals surface area contributed by atoms with Crippen molar-refractivity contribution in [3.05, 3.63) is 23.3 Å². The highest BCUT2D eigenvalue weighted by Gasteiger charge is 2.15. The first-order valence-corrected chi connectivity index (χ1v) is 7.67. The lowest BCUT2D eigenvalue weighted by molar-refractivity contribution is 0.163. The molecule has 0 aliphatic heterocycles. The molecule has 2 heteroatoms. The van der Waals surface area contributed by atoms with Crippen LogP contribution < -0.4 is 9.47 Å². The maximum atomic E-state index is 6.09. The van der Waals surface area contributed by atoms with Gasteiger partial charge in [0.1, 0.15) is 11.5 Å². The third kappa shape index (κ3) is 4.43. The lowest BCUT2D eigenvalue weighted by Gasteiger charge is -2.23. The molecular formula is C18H30O2. The number of hydrogen-bond donors (Lipinski definition) is 0. The standard InChI is InChI=1S/C18H30O2/c1-11(2)15(7)19-17-9-13(5)18(14(6)10-17)20-16(8)12(3)4/h9-12,15-16H,1-8H3. The zero-order valence-corrected chi connectivity index (χ0v) is 14.3. The molecule has 2 unspecified atom stereocenters. The Hall–Kier alpha value is -1.18. The van der Waals surface area contributed by atoms with Gasteiger partial charge in [-0.1, -0.05) is 27.7 Å². The Kier molecular flexibility index (Phi) is 5.91. The summed E-state index contributed by atoms with van der Waals surface area (Å²) >= 11 is 0. The maximum Gasteiger partial charge on any atom is 0.125 e. The van der Waals surface area contributed by atoms with E-state index < -0.39 is 0 Å². The largest absolute Gasteiger partial charge is 0.490 e. The number of ether oxygens (including phenoxy) is 2. The van der Waals surface area contributed by atoms with E-state index in [1.54, 1.807) is 0 Å². The van der Waals surface area contributed by atoms with Crippen LogP contribution >= 0.6 is 0 Å². The Bertz CT molecular complexity index is 412. The predicted octanol–water partition coefficient (Wildman–Crippen LogP) is 5.15. The number of hydrogen-bond acceptors (Lipinski definition) is 2. The molecule has 0 saturated carbocycles. The zero-order chi connectivity index (χ0) is 15.4. The molecule has 1 aromatic carbocycles. The molecule has 0 spiro atoms. The molecule has 1 aromatic rings. The molecular weight excluding hydrogens is 248 g/mol. The Morgan fingerprint density at radius 2 is 1.10 bits per heavy atom. The molecule has 0 bridgehead atoms. The molecule has 114 valence electrons. The van der Waals surface area contributed by atoms with E-state index in [0.29, 0.717) is 11.8 Å². The highest BCUT2D eigenvalue weighted by atomic mass is 16.5. The molecule has 0 heterocycles. The summed E-state index contributed by atoms with van der Waals surface area (Å²) in [6, 6.07) is 4.16. The van der Waals surface area contributed by atoms with Crippen molar-refractivity contribution in [2.24, 2.45) is 11.8 Å². The topological polar surface area (TPSA) is 18.5 Å². The summed E-state index contributed by atoms with van der Waals surface area (Å²) < 4.78 is 12.1. The average Bonchev–Trinajstić information content (AvgIpc) is 2.33. The van der Waals surface area contributed by atoms with Crippen LogP contribution in [0.15, 0.2) is 12.1 Å². The lowest BCUT2D eigenvalue weighted by atomic mass is 10.1. The van der Waals surface area contributed by atoms with Gasteiger partial charge in [0.15, 0.2) is 0 Å². The average molecular weight is 278 g/mol. The van der Waals surface area contributed by atoms with E-state index in [2.05, 4.69) is 67.5 Å². The molecule has 20 heavy (non-hydrogen) atoms. The summed E-state index contributed by atoms with van der Waals surface area (Å²) in [5.41, 5.74) is 2.28. The summed E-state index contributed by atoms with van der Waals surface area (Å²) in [4.78, 5) is 0.